The van der Waals surface area contributed by atoms with Gasteiger partial charge in [-0.1, -0.05) is 63.1 Å². The molecule has 1 aromatic heterocycles. The molecule has 0 radical (unpaired) electrons. The fourth-order valence-corrected chi connectivity index (χ4v) is 6.19. The van der Waals surface area contributed by atoms with Crippen LogP contribution in [-0.2, 0) is 16.5 Å². The number of hydrogen-bond acceptors (Lipinski definition) is 4. The molecule has 0 bridgehead atoms. The van der Waals surface area contributed by atoms with Gasteiger partial charge in [0.25, 0.3) is 0 Å². The summed E-state index contributed by atoms with van der Waals surface area (Å²) >= 11 is 0. The van der Waals surface area contributed by atoms with E-state index >= 15 is 0 Å². The molecular formula is C25H35F3NO4PS. The van der Waals surface area contributed by atoms with Crippen molar-refractivity contribution in [2.24, 2.45) is 0 Å². The highest BCUT2D eigenvalue weighted by Gasteiger charge is 2.44. The number of benzene rings is 1. The van der Waals surface area contributed by atoms with Crippen LogP contribution >= 0.6 is 7.92 Å². The molecule has 10 heteroatoms. The summed E-state index contributed by atoms with van der Waals surface area (Å²) in [4.78, 5) is 17.2. The highest BCUT2D eigenvalue weighted by molar-refractivity contribution is 7.86. The van der Waals surface area contributed by atoms with Gasteiger partial charge in [0.2, 0.25) is 5.78 Å². The third-order valence-corrected chi connectivity index (χ3v) is 8.69. The maximum Gasteiger partial charge on any atom is 0.522 e. The highest BCUT2D eigenvalue weighted by Crippen LogP contribution is 2.39. The van der Waals surface area contributed by atoms with E-state index in [1.54, 1.807) is 6.20 Å². The standard InChI is InChI=1S/C24H34NOP.CHF3O3S/c1-3-5-18-27(19-6-4-2)20-11-10-13-21-16-12-17-25-23(21)24(26)22-14-8-7-9-15-22;2-1(3,4)8(5,6)7/h7-9,12,14-17H,3-6,10-11,13,18-20H2,1-2H3;(H,5,6,7). The van der Waals surface area contributed by atoms with Crippen LogP contribution in [0.4, 0.5) is 13.2 Å². The van der Waals surface area contributed by atoms with Crippen molar-refractivity contribution < 1.29 is 30.9 Å². The van der Waals surface area contributed by atoms with Crippen LogP contribution in [0.25, 0.3) is 0 Å². The lowest BCUT2D eigenvalue weighted by atomic mass is 10.0. The van der Waals surface area contributed by atoms with Crippen molar-refractivity contribution in [1.82, 2.24) is 4.98 Å². The van der Waals surface area contributed by atoms with E-state index < -0.39 is 15.6 Å². The lowest BCUT2D eigenvalue weighted by molar-refractivity contribution is -0.0510. The number of ketones is 1. The minimum absolute atomic E-state index is 0.0411. The SMILES string of the molecule is CCCCP(CCCC)CCCCc1cccnc1C(=O)c1ccccc1.O=S(=O)(O)C(F)(F)F. The molecule has 196 valence electrons. The minimum Gasteiger partial charge on any atom is -0.287 e. The van der Waals surface area contributed by atoms with E-state index in [4.69, 9.17) is 13.0 Å². The molecule has 2 aromatic rings. The normalized spacial score (nSPS) is 11.7. The summed E-state index contributed by atoms with van der Waals surface area (Å²) < 4.78 is 57.5. The second kappa shape index (κ2) is 16.0. The number of aromatic nitrogens is 1. The van der Waals surface area contributed by atoms with Crippen LogP contribution < -0.4 is 0 Å². The maximum atomic E-state index is 12.8. The van der Waals surface area contributed by atoms with Crippen molar-refractivity contribution >= 4 is 23.8 Å². The summed E-state index contributed by atoms with van der Waals surface area (Å²) in [6.45, 7) is 4.59. The summed E-state index contributed by atoms with van der Waals surface area (Å²) in [7, 11) is -5.63. The first-order chi connectivity index (χ1) is 16.5. The Morgan fingerprint density at radius 2 is 1.46 bits per heavy atom. The monoisotopic (exact) mass is 533 g/mol. The van der Waals surface area contributed by atoms with Crippen molar-refractivity contribution in [2.45, 2.75) is 64.3 Å². The molecule has 0 saturated carbocycles. The lowest BCUT2D eigenvalue weighted by Crippen LogP contribution is -2.21. The zero-order valence-electron chi connectivity index (χ0n) is 20.3. The van der Waals surface area contributed by atoms with Gasteiger partial charge in [0.15, 0.2) is 0 Å². The van der Waals surface area contributed by atoms with Crippen LogP contribution in [-0.4, -0.2) is 47.7 Å². The molecule has 0 unspecified atom stereocenters. The third-order valence-electron chi connectivity index (χ3n) is 5.26. The van der Waals surface area contributed by atoms with Gasteiger partial charge in [-0.25, -0.2) is 0 Å². The smallest absolute Gasteiger partial charge is 0.287 e. The van der Waals surface area contributed by atoms with E-state index in [9.17, 15) is 18.0 Å². The van der Waals surface area contributed by atoms with Gasteiger partial charge in [-0.15, -0.1) is 7.92 Å². The number of aryl methyl sites for hydroxylation is 1. The second-order valence-corrected chi connectivity index (χ2v) is 12.2. The quantitative estimate of drug-likeness (QED) is 0.0975. The summed E-state index contributed by atoms with van der Waals surface area (Å²) in [6, 6.07) is 13.5. The van der Waals surface area contributed by atoms with E-state index in [1.807, 2.05) is 36.4 Å². The summed E-state index contributed by atoms with van der Waals surface area (Å²) in [5, 5.41) is 0. The van der Waals surface area contributed by atoms with Gasteiger partial charge in [0.05, 0.1) is 0 Å². The van der Waals surface area contributed by atoms with Gasteiger partial charge in [0, 0.05) is 11.8 Å². The van der Waals surface area contributed by atoms with Crippen molar-refractivity contribution in [3.63, 3.8) is 0 Å². The second-order valence-electron chi connectivity index (χ2n) is 8.13. The number of halogens is 3. The highest BCUT2D eigenvalue weighted by atomic mass is 32.2. The number of alkyl halides is 3. The fraction of sp³-hybridized carbons (Fsp3) is 0.520. The summed E-state index contributed by atoms with van der Waals surface area (Å²) in [5.41, 5.74) is -3.09. The molecule has 0 saturated heterocycles. The van der Waals surface area contributed by atoms with E-state index in [-0.39, 0.29) is 13.7 Å². The van der Waals surface area contributed by atoms with Crippen LogP contribution in [0, 0.1) is 0 Å². The number of hydrogen-bond donors (Lipinski definition) is 1. The molecule has 1 heterocycles. The molecule has 0 spiro atoms. The maximum absolute atomic E-state index is 12.8. The van der Waals surface area contributed by atoms with Crippen molar-refractivity contribution in [3.05, 3.63) is 65.5 Å². The van der Waals surface area contributed by atoms with Gasteiger partial charge in [-0.3, -0.25) is 14.3 Å². The molecule has 2 rings (SSSR count). The Morgan fingerprint density at radius 3 is 1.97 bits per heavy atom. The molecular weight excluding hydrogens is 498 g/mol. The van der Waals surface area contributed by atoms with Gasteiger partial charge >= 0.3 is 15.6 Å². The van der Waals surface area contributed by atoms with Crippen molar-refractivity contribution in [3.8, 4) is 0 Å². The first kappa shape index (κ1) is 31.2. The summed E-state index contributed by atoms with van der Waals surface area (Å²) in [5.74, 6) is 0.0411. The predicted molar refractivity (Wildman–Crippen MR) is 136 cm³/mol. The zero-order chi connectivity index (χ0) is 26.3. The van der Waals surface area contributed by atoms with Gasteiger partial charge in [-0.2, -0.15) is 21.6 Å². The van der Waals surface area contributed by atoms with E-state index in [2.05, 4.69) is 24.9 Å². The molecule has 1 aromatic carbocycles. The molecule has 0 aliphatic carbocycles. The van der Waals surface area contributed by atoms with Gasteiger partial charge < -0.3 is 0 Å². The van der Waals surface area contributed by atoms with Gasteiger partial charge in [-0.05, 0) is 62.2 Å². The Kier molecular flexibility index (Phi) is 14.3. The first-order valence-corrected chi connectivity index (χ1v) is 15.1. The number of unbranched alkanes of at least 4 members (excludes halogenated alkanes) is 3. The third kappa shape index (κ3) is 12.1. The Morgan fingerprint density at radius 1 is 0.914 bits per heavy atom. The fourth-order valence-electron chi connectivity index (χ4n) is 3.32. The van der Waals surface area contributed by atoms with E-state index in [0.29, 0.717) is 5.69 Å². The molecule has 0 atom stereocenters. The van der Waals surface area contributed by atoms with Crippen LogP contribution in [0.1, 0.15) is 74.0 Å². The van der Waals surface area contributed by atoms with Crippen LogP contribution in [0.2, 0.25) is 0 Å². The number of carbonyl (C=O) groups is 1. The molecule has 0 amide bonds. The van der Waals surface area contributed by atoms with Crippen molar-refractivity contribution in [2.75, 3.05) is 18.5 Å². The van der Waals surface area contributed by atoms with E-state index in [1.165, 1.54) is 50.6 Å². The number of rotatable bonds is 13. The largest absolute Gasteiger partial charge is 0.522 e. The Hall–Kier alpha value is -1.83. The minimum atomic E-state index is -5.84. The Bertz CT molecular complexity index is 978. The Balaban J connectivity index is 0.000000658. The summed E-state index contributed by atoms with van der Waals surface area (Å²) in [6.07, 6.45) is 14.8. The number of pyridine rings is 1. The number of carbonyl (C=O) groups excluding carboxylic acids is 1. The average molecular weight is 534 g/mol. The van der Waals surface area contributed by atoms with E-state index in [0.717, 1.165) is 24.0 Å². The first-order valence-electron chi connectivity index (χ1n) is 11.8. The van der Waals surface area contributed by atoms with Gasteiger partial charge in [0.1, 0.15) is 5.69 Å². The Labute approximate surface area is 208 Å². The molecule has 0 aliphatic rings. The molecule has 1 N–H and O–H groups in total. The van der Waals surface area contributed by atoms with Crippen molar-refractivity contribution in [1.29, 1.82) is 0 Å². The van der Waals surface area contributed by atoms with Crippen LogP contribution in [0.5, 0.6) is 0 Å². The number of nitrogens with zero attached hydrogens (tertiary/aromatic N) is 1. The lowest BCUT2D eigenvalue weighted by Gasteiger charge is -2.17. The van der Waals surface area contributed by atoms with Crippen LogP contribution in [0.15, 0.2) is 48.7 Å². The predicted octanol–water partition coefficient (Wildman–Crippen LogP) is 7.11. The molecule has 5 nitrogen and oxygen atoms in total. The zero-order valence-corrected chi connectivity index (χ0v) is 22.0. The molecule has 0 aliphatic heterocycles. The molecule has 35 heavy (non-hydrogen) atoms. The topological polar surface area (TPSA) is 84.3 Å². The molecule has 0 fully saturated rings. The van der Waals surface area contributed by atoms with Crippen LogP contribution in [0.3, 0.4) is 0 Å². The average Bonchev–Trinajstić information content (AvgIpc) is 2.82.